The minimum atomic E-state index is 0.699. The van der Waals surface area contributed by atoms with E-state index in [0.29, 0.717) is 3.83 Å². The number of rotatable bonds is 1. The largest absolute Gasteiger partial charge is 0.234 e. The van der Waals surface area contributed by atoms with Gasteiger partial charge in [0.15, 0.2) is 0 Å². The fourth-order valence-electron chi connectivity index (χ4n) is 0.358. The van der Waals surface area contributed by atoms with E-state index >= 15 is 0 Å². The quantitative estimate of drug-likeness (QED) is 0.644. The molecule has 1 heterocycles. The first-order valence-electron chi connectivity index (χ1n) is 2.26. The van der Waals surface area contributed by atoms with Crippen molar-refractivity contribution in [1.82, 2.24) is 20.2 Å². The summed E-state index contributed by atoms with van der Waals surface area (Å²) in [6.45, 7) is 2.76. The Hall–Kier alpha value is -0.200. The van der Waals surface area contributed by atoms with Crippen molar-refractivity contribution in [3.8, 4) is 0 Å². The summed E-state index contributed by atoms with van der Waals surface area (Å²) in [5.74, 6) is 0. The summed E-state index contributed by atoms with van der Waals surface area (Å²) in [6, 6.07) is 0. The van der Waals surface area contributed by atoms with Crippen molar-refractivity contribution in [1.29, 1.82) is 0 Å². The van der Waals surface area contributed by atoms with Gasteiger partial charge in [-0.15, -0.1) is 10.2 Å². The Morgan fingerprint density at radius 2 is 2.50 bits per heavy atom. The Morgan fingerprint density at radius 3 is 2.75 bits per heavy atom. The van der Waals surface area contributed by atoms with Crippen LogP contribution in [0.5, 0.6) is 0 Å². The zero-order valence-electron chi connectivity index (χ0n) is 4.37. The molecule has 0 aromatic carbocycles. The van der Waals surface area contributed by atoms with Gasteiger partial charge in [-0.05, 0) is 12.1 Å². The molecule has 0 aliphatic heterocycles. The summed E-state index contributed by atoms with van der Waals surface area (Å²) < 4.78 is 0.699. The highest BCUT2D eigenvalue weighted by Crippen LogP contribution is 1.89. The van der Waals surface area contributed by atoms with Crippen LogP contribution in [0.2, 0.25) is 0 Å². The van der Waals surface area contributed by atoms with Gasteiger partial charge < -0.3 is 0 Å². The first kappa shape index (κ1) is 5.93. The second kappa shape index (κ2) is 2.38. The highest BCUT2D eigenvalue weighted by molar-refractivity contribution is 14.1. The molecule has 8 heavy (non-hydrogen) atoms. The van der Waals surface area contributed by atoms with Crippen LogP contribution in [0.25, 0.3) is 0 Å². The Kier molecular flexibility index (Phi) is 1.77. The highest BCUT2D eigenvalue weighted by Gasteiger charge is 1.91. The molecule has 0 aliphatic carbocycles. The number of halogens is 1. The van der Waals surface area contributed by atoms with Gasteiger partial charge in [0.1, 0.15) is 0 Å². The van der Waals surface area contributed by atoms with Crippen LogP contribution in [-0.4, -0.2) is 20.2 Å². The molecule has 0 saturated carbocycles. The Balaban J connectivity index is 2.84. The van der Waals surface area contributed by atoms with E-state index in [4.69, 9.17) is 0 Å². The minimum Gasteiger partial charge on any atom is -0.164 e. The van der Waals surface area contributed by atoms with Crippen molar-refractivity contribution in [2.75, 3.05) is 0 Å². The van der Waals surface area contributed by atoms with E-state index in [9.17, 15) is 0 Å². The molecule has 0 fully saturated rings. The average molecular weight is 224 g/mol. The molecule has 0 bridgehead atoms. The van der Waals surface area contributed by atoms with Crippen molar-refractivity contribution >= 4 is 22.6 Å². The maximum absolute atomic E-state index is 3.91. The third kappa shape index (κ3) is 1.15. The molecule has 0 unspecified atom stereocenters. The van der Waals surface area contributed by atoms with Crippen molar-refractivity contribution in [2.45, 2.75) is 13.5 Å². The third-order valence-electron chi connectivity index (χ3n) is 0.711. The molecular weight excluding hydrogens is 219 g/mol. The second-order valence-electron chi connectivity index (χ2n) is 1.25. The van der Waals surface area contributed by atoms with Crippen molar-refractivity contribution in [3.63, 3.8) is 0 Å². The summed E-state index contributed by atoms with van der Waals surface area (Å²) >= 11 is 2.02. The number of aryl methyl sites for hydroxylation is 1. The standard InChI is InChI=1S/C3H5IN4/c1-2-8-6-3(4)5-7-8/h2H2,1H3. The molecule has 0 atom stereocenters. The van der Waals surface area contributed by atoms with Crippen molar-refractivity contribution in [3.05, 3.63) is 3.83 Å². The summed E-state index contributed by atoms with van der Waals surface area (Å²) in [4.78, 5) is 1.54. The molecular formula is C3H5IN4. The Morgan fingerprint density at radius 1 is 1.75 bits per heavy atom. The smallest absolute Gasteiger partial charge is 0.164 e. The fourth-order valence-corrected chi connectivity index (χ4v) is 0.703. The van der Waals surface area contributed by atoms with E-state index in [1.807, 2.05) is 29.5 Å². The van der Waals surface area contributed by atoms with Gasteiger partial charge >= 0.3 is 0 Å². The van der Waals surface area contributed by atoms with Crippen LogP contribution in [0.1, 0.15) is 6.92 Å². The number of hydrogen-bond donors (Lipinski definition) is 0. The highest BCUT2D eigenvalue weighted by atomic mass is 127. The molecule has 0 aliphatic rings. The van der Waals surface area contributed by atoms with Gasteiger partial charge in [-0.3, -0.25) is 0 Å². The molecule has 1 aromatic heterocycles. The Bertz CT molecular complexity index is 172. The number of hydrogen-bond acceptors (Lipinski definition) is 3. The van der Waals surface area contributed by atoms with Gasteiger partial charge in [0.2, 0.25) is 3.83 Å². The minimum absolute atomic E-state index is 0.699. The van der Waals surface area contributed by atoms with E-state index in [-0.39, 0.29) is 0 Å². The zero-order chi connectivity index (χ0) is 5.98. The first-order chi connectivity index (χ1) is 3.83. The van der Waals surface area contributed by atoms with Crippen LogP contribution in [0.15, 0.2) is 0 Å². The molecule has 44 valence electrons. The average Bonchev–Trinajstić information content (AvgIpc) is 2.14. The molecule has 0 spiro atoms. The van der Waals surface area contributed by atoms with Gasteiger partial charge in [-0.1, -0.05) is 0 Å². The van der Waals surface area contributed by atoms with E-state index in [1.54, 1.807) is 4.80 Å². The predicted octanol–water partition coefficient (Wildman–Crippen LogP) is 0.298. The van der Waals surface area contributed by atoms with Crippen LogP contribution in [0.3, 0.4) is 0 Å². The molecule has 1 rings (SSSR count). The summed E-state index contributed by atoms with van der Waals surface area (Å²) in [5, 5.41) is 11.3. The van der Waals surface area contributed by atoms with E-state index < -0.39 is 0 Å². The summed E-state index contributed by atoms with van der Waals surface area (Å²) in [5.41, 5.74) is 0. The van der Waals surface area contributed by atoms with Crippen LogP contribution >= 0.6 is 22.6 Å². The molecule has 0 amide bonds. The first-order valence-corrected chi connectivity index (χ1v) is 3.34. The lowest BCUT2D eigenvalue weighted by Gasteiger charge is -1.83. The molecule has 5 heteroatoms. The monoisotopic (exact) mass is 224 g/mol. The summed E-state index contributed by atoms with van der Waals surface area (Å²) in [7, 11) is 0. The fraction of sp³-hybridized carbons (Fsp3) is 0.667. The normalized spacial score (nSPS) is 9.75. The maximum Gasteiger partial charge on any atom is 0.234 e. The van der Waals surface area contributed by atoms with Crippen molar-refractivity contribution in [2.24, 2.45) is 0 Å². The molecule has 0 N–H and O–H groups in total. The predicted molar refractivity (Wildman–Crippen MR) is 36.2 cm³/mol. The lowest BCUT2D eigenvalue weighted by atomic mass is 10.8. The molecule has 4 nitrogen and oxygen atoms in total. The zero-order valence-corrected chi connectivity index (χ0v) is 6.53. The number of aromatic nitrogens is 4. The van der Waals surface area contributed by atoms with Gasteiger partial charge in [-0.25, -0.2) is 0 Å². The van der Waals surface area contributed by atoms with Gasteiger partial charge in [-0.2, -0.15) is 4.80 Å². The van der Waals surface area contributed by atoms with Crippen LogP contribution in [-0.2, 0) is 6.54 Å². The number of tetrazole rings is 1. The Labute approximate surface area is 60.4 Å². The van der Waals surface area contributed by atoms with E-state index in [2.05, 4.69) is 15.4 Å². The van der Waals surface area contributed by atoms with Gasteiger partial charge in [0.05, 0.1) is 6.54 Å². The number of nitrogens with zero attached hydrogens (tertiary/aromatic N) is 4. The lowest BCUT2D eigenvalue weighted by molar-refractivity contribution is 0.551. The SMILES string of the molecule is CCn1nnc(I)n1. The third-order valence-corrected chi connectivity index (χ3v) is 1.14. The van der Waals surface area contributed by atoms with Gasteiger partial charge in [0, 0.05) is 22.6 Å². The summed E-state index contributed by atoms with van der Waals surface area (Å²) in [6.07, 6.45) is 0. The maximum atomic E-state index is 3.91. The molecule has 0 saturated heterocycles. The van der Waals surface area contributed by atoms with E-state index in [0.717, 1.165) is 6.54 Å². The molecule has 0 radical (unpaired) electrons. The van der Waals surface area contributed by atoms with Crippen LogP contribution < -0.4 is 0 Å². The topological polar surface area (TPSA) is 43.6 Å². The van der Waals surface area contributed by atoms with Crippen LogP contribution in [0, 0.1) is 3.83 Å². The van der Waals surface area contributed by atoms with Crippen LogP contribution in [0.4, 0.5) is 0 Å². The second-order valence-corrected chi connectivity index (χ2v) is 2.21. The lowest BCUT2D eigenvalue weighted by Crippen LogP contribution is -1.98. The molecule has 1 aromatic rings. The van der Waals surface area contributed by atoms with Crippen molar-refractivity contribution < 1.29 is 0 Å². The van der Waals surface area contributed by atoms with E-state index in [1.165, 1.54) is 0 Å². The van der Waals surface area contributed by atoms with Gasteiger partial charge in [0.25, 0.3) is 0 Å².